The van der Waals surface area contributed by atoms with Gasteiger partial charge in [-0.3, -0.25) is 4.98 Å². The number of aryl methyl sites for hydroxylation is 4. The van der Waals surface area contributed by atoms with Crippen molar-refractivity contribution in [2.45, 2.75) is 87.0 Å². The number of carbonyl (C=O) groups excluding carboxylic acids is 1. The number of aliphatic carboxylic acids is 1. The quantitative estimate of drug-likeness (QED) is 0.503. The van der Waals surface area contributed by atoms with Crippen LogP contribution in [0, 0.1) is 20.8 Å². The van der Waals surface area contributed by atoms with Crippen LogP contribution in [-0.4, -0.2) is 25.9 Å². The van der Waals surface area contributed by atoms with E-state index in [0.29, 0.717) is 5.92 Å². The first-order valence-corrected chi connectivity index (χ1v) is 13.7. The number of nitrogens with one attached hydrogen (secondary N) is 2. The molecule has 0 amide bonds. The van der Waals surface area contributed by atoms with Gasteiger partial charge in [0.15, 0.2) is 0 Å². The molecule has 5 heterocycles. The van der Waals surface area contributed by atoms with Gasteiger partial charge in [0.2, 0.25) is 0 Å². The van der Waals surface area contributed by atoms with Crippen molar-refractivity contribution in [1.82, 2.24) is 19.9 Å². The Morgan fingerprint density at radius 1 is 0.872 bits per heavy atom. The van der Waals surface area contributed by atoms with Crippen molar-refractivity contribution in [1.29, 1.82) is 0 Å². The summed E-state index contributed by atoms with van der Waals surface area (Å²) in [6.45, 7) is 17.0. The number of carboxylic acids is 1. The molecule has 3 aromatic heterocycles. The first-order valence-electron chi connectivity index (χ1n) is 13.7. The molecule has 0 radical (unpaired) electrons. The van der Waals surface area contributed by atoms with E-state index in [1.165, 1.54) is 56.9 Å². The number of allylic oxidation sites excluding steroid dienone is 1. The van der Waals surface area contributed by atoms with Gasteiger partial charge in [0, 0.05) is 45.3 Å². The summed E-state index contributed by atoms with van der Waals surface area (Å²) >= 11 is 0. The third-order valence-electron chi connectivity index (χ3n) is 7.84. The molecule has 200 valence electrons. The van der Waals surface area contributed by atoms with Crippen LogP contribution in [0.3, 0.4) is 0 Å². The van der Waals surface area contributed by atoms with Gasteiger partial charge >= 0.3 is 29.6 Å². The van der Waals surface area contributed by atoms with Crippen LogP contribution in [0.15, 0.2) is 18.2 Å². The topological polar surface area (TPSA) is 97.5 Å². The molecule has 0 fully saturated rings. The summed E-state index contributed by atoms with van der Waals surface area (Å²) < 4.78 is 0. The van der Waals surface area contributed by atoms with Crippen molar-refractivity contribution in [3.8, 4) is 0 Å². The number of H-pyrrole nitrogens is 2. The predicted octanol–water partition coefficient (Wildman–Crippen LogP) is 3.42. The van der Waals surface area contributed by atoms with E-state index in [9.17, 15) is 9.90 Å². The number of carbonyl (C=O) groups is 1. The summed E-state index contributed by atoms with van der Waals surface area (Å²) in [6.07, 6.45) is 5.25. The average Bonchev–Trinajstić information content (AvgIpc) is 3.60. The summed E-state index contributed by atoms with van der Waals surface area (Å²) in [6, 6.07) is 6.76. The zero-order valence-electron chi connectivity index (χ0n) is 24.9. The van der Waals surface area contributed by atoms with Gasteiger partial charge in [-0.2, -0.15) is 0 Å². The molecule has 39 heavy (non-hydrogen) atoms. The van der Waals surface area contributed by atoms with Crippen LogP contribution in [0.2, 0.25) is 0 Å². The zero-order valence-corrected chi connectivity index (χ0v) is 26.9. The van der Waals surface area contributed by atoms with Crippen LogP contribution in [0.25, 0.3) is 33.7 Å². The molecule has 0 spiro atoms. The molecule has 0 saturated heterocycles. The molecule has 8 bridgehead atoms. The average molecular weight is 535 g/mol. The van der Waals surface area contributed by atoms with Crippen LogP contribution < -0.4 is 34.7 Å². The predicted molar refractivity (Wildman–Crippen MR) is 155 cm³/mol. The molecule has 3 aromatic rings. The number of aromatic nitrogens is 4. The molecule has 5 rings (SSSR count). The Balaban J connectivity index is 0.000000644. The van der Waals surface area contributed by atoms with E-state index in [1.807, 2.05) is 0 Å². The van der Waals surface area contributed by atoms with E-state index in [4.69, 9.17) is 9.97 Å². The fraction of sp³-hybridized carbons (Fsp3) is 0.406. The van der Waals surface area contributed by atoms with Crippen molar-refractivity contribution < 1.29 is 39.5 Å². The largest absolute Gasteiger partial charge is 1.00 e. The number of hydrogen-bond donors (Lipinski definition) is 2. The summed E-state index contributed by atoms with van der Waals surface area (Å²) in [4.78, 5) is 26.8. The van der Waals surface area contributed by atoms with Gasteiger partial charge in [0.1, 0.15) is 0 Å². The minimum atomic E-state index is -0.995. The maximum Gasteiger partial charge on any atom is 1.00 e. The second kappa shape index (κ2) is 12.7. The maximum atomic E-state index is 9.26. The number of carboxylic acid groups (broad SMARTS) is 1. The third kappa shape index (κ3) is 6.24. The summed E-state index contributed by atoms with van der Waals surface area (Å²) in [5.74, 6) is -0.599. The third-order valence-corrected chi connectivity index (χ3v) is 7.84. The number of hydrogen-bond acceptors (Lipinski definition) is 4. The minimum absolute atomic E-state index is 0. The minimum Gasteiger partial charge on any atom is -0.550 e. The molecule has 0 aromatic carbocycles. The van der Waals surface area contributed by atoms with Crippen molar-refractivity contribution in [3.63, 3.8) is 0 Å². The normalized spacial score (nSPS) is 14.3. The van der Waals surface area contributed by atoms with Crippen molar-refractivity contribution >= 4 is 39.7 Å². The maximum absolute atomic E-state index is 9.26. The zero-order chi connectivity index (χ0) is 27.7. The van der Waals surface area contributed by atoms with Gasteiger partial charge in [-0.15, -0.1) is 0 Å². The van der Waals surface area contributed by atoms with Gasteiger partial charge in [-0.25, -0.2) is 4.98 Å². The molecule has 2 aliphatic rings. The molecule has 6 nitrogen and oxygen atoms in total. The molecule has 2 N–H and O–H groups in total. The van der Waals surface area contributed by atoms with Gasteiger partial charge in [-0.1, -0.05) is 27.7 Å². The van der Waals surface area contributed by atoms with E-state index in [2.05, 4.69) is 82.7 Å². The van der Waals surface area contributed by atoms with E-state index >= 15 is 0 Å². The first-order chi connectivity index (χ1) is 18.1. The Labute approximate surface area is 253 Å². The molecule has 0 saturated carbocycles. The molecular formula is C32H39N4NaO2. The van der Waals surface area contributed by atoms with Crippen LogP contribution in [-0.2, 0) is 24.1 Å². The van der Waals surface area contributed by atoms with Crippen LogP contribution in [0.5, 0.6) is 0 Å². The Morgan fingerprint density at radius 2 is 1.41 bits per heavy atom. The SMILES string of the molecule is CCC(=O)[O-].CCc1c(C)c2cc3[nH]c(cc4nc(c(C)c5nc(cc1[nH]2)C(C)=C5)C[C@@H]4C)c(C)c3CC.[Na+]. The summed E-state index contributed by atoms with van der Waals surface area (Å²) in [5.41, 5.74) is 16.8. The molecule has 0 unspecified atom stereocenters. The van der Waals surface area contributed by atoms with E-state index in [1.54, 1.807) is 0 Å². The Kier molecular flexibility index (Phi) is 10.0. The number of rotatable bonds is 3. The Hall–Kier alpha value is -2.67. The van der Waals surface area contributed by atoms with Crippen LogP contribution >= 0.6 is 0 Å². The van der Waals surface area contributed by atoms with Crippen LogP contribution in [0.4, 0.5) is 0 Å². The number of fused-ring (bicyclic) bond motifs is 8. The molecular weight excluding hydrogens is 495 g/mol. The summed E-state index contributed by atoms with van der Waals surface area (Å²) in [7, 11) is 0. The van der Waals surface area contributed by atoms with Gasteiger partial charge < -0.3 is 19.9 Å². The van der Waals surface area contributed by atoms with E-state index < -0.39 is 5.97 Å². The number of nitrogens with zero attached hydrogens (tertiary/aromatic N) is 2. The standard InChI is InChI=1S/C29H34N4.C3H6O2.Na/c1-8-20-18(6)27-14-29-21(9-2)17(5)26(32-29)12-22-15(3)10-24(30-22)19(7)25-11-16(4)23(31-25)13-28(20)33-27;1-2-3(4)5;/h11-15,32-33H,8-10H2,1-7H3;2H2,1H3,(H,4,5);/q;;+1/p-1/t15-;;/m0../s1. The summed E-state index contributed by atoms with van der Waals surface area (Å²) in [5, 5.41) is 9.26. The van der Waals surface area contributed by atoms with Crippen molar-refractivity contribution in [3.05, 3.63) is 68.8 Å². The number of aromatic amines is 2. The fourth-order valence-corrected chi connectivity index (χ4v) is 5.37. The molecule has 2 aliphatic heterocycles. The van der Waals surface area contributed by atoms with Gasteiger partial charge in [0.25, 0.3) is 0 Å². The molecule has 0 aliphatic carbocycles. The first kappa shape index (κ1) is 30.9. The van der Waals surface area contributed by atoms with Gasteiger partial charge in [-0.05, 0) is 111 Å². The Bertz CT molecular complexity index is 1590. The van der Waals surface area contributed by atoms with E-state index in [-0.39, 0.29) is 36.0 Å². The second-order valence-corrected chi connectivity index (χ2v) is 10.4. The van der Waals surface area contributed by atoms with Gasteiger partial charge in [0.05, 0.1) is 11.4 Å². The fourth-order valence-electron chi connectivity index (χ4n) is 5.37. The molecule has 7 heteroatoms. The van der Waals surface area contributed by atoms with E-state index in [0.717, 1.165) is 47.6 Å². The second-order valence-electron chi connectivity index (χ2n) is 10.4. The smallest absolute Gasteiger partial charge is 0.550 e. The van der Waals surface area contributed by atoms with Crippen molar-refractivity contribution in [2.24, 2.45) is 0 Å². The van der Waals surface area contributed by atoms with Crippen molar-refractivity contribution in [2.75, 3.05) is 0 Å². The van der Waals surface area contributed by atoms with Crippen LogP contribution in [0.1, 0.15) is 97.6 Å². The monoisotopic (exact) mass is 534 g/mol. The Morgan fingerprint density at radius 3 is 1.95 bits per heavy atom. The molecule has 1 atom stereocenters.